The average Bonchev–Trinajstić information content (AvgIpc) is 1.82. The van der Waals surface area contributed by atoms with Crippen molar-refractivity contribution in [3.8, 4) is 0 Å². The molecule has 2 N–H and O–H groups in total. The summed E-state index contributed by atoms with van der Waals surface area (Å²) in [5, 5.41) is 9.62. The summed E-state index contributed by atoms with van der Waals surface area (Å²) < 4.78 is 58.5. The molecule has 0 aliphatic rings. The van der Waals surface area contributed by atoms with Crippen LogP contribution in [0.15, 0.2) is 11.8 Å². The molecule has 3 nitrogen and oxygen atoms in total. The molecule has 0 spiro atoms. The number of carbonyl (C=O) groups excluding carboxylic acids is 1. The van der Waals surface area contributed by atoms with Crippen molar-refractivity contribution in [1.29, 1.82) is 0 Å². The Morgan fingerprint density at radius 1 is 1.23 bits per heavy atom. The third-order valence-corrected chi connectivity index (χ3v) is 0.992. The Labute approximate surface area is 68.6 Å². The Bertz CT molecular complexity index is 244. The maximum atomic E-state index is 12.1. The van der Waals surface area contributed by atoms with Gasteiger partial charge in [0.1, 0.15) is 0 Å². The average molecular weight is 204 g/mol. The second kappa shape index (κ2) is 3.19. The van der Waals surface area contributed by atoms with Gasteiger partial charge in [-0.25, -0.2) is 0 Å². The molecule has 0 aromatic heterocycles. The van der Waals surface area contributed by atoms with Crippen molar-refractivity contribution in [2.24, 2.45) is 5.73 Å². The number of rotatable bonds is 2. The van der Waals surface area contributed by atoms with E-state index in [0.29, 0.717) is 0 Å². The van der Waals surface area contributed by atoms with Gasteiger partial charge in [0, 0.05) is 0 Å². The molecule has 0 aromatic carbocycles. The molecule has 8 heteroatoms. The standard InChI is InChI=1S/C5H4F5NO2/c6-4(7,5(8,9)10)2(11)1-3(12)13/h1H,11H2,(H,12,13)/p-1. The number of allylic oxidation sites excluding steroid dienone is 1. The second-order valence-electron chi connectivity index (χ2n) is 1.99. The number of halogens is 5. The van der Waals surface area contributed by atoms with Crippen LogP contribution in [0.4, 0.5) is 22.0 Å². The van der Waals surface area contributed by atoms with E-state index >= 15 is 0 Å². The van der Waals surface area contributed by atoms with Gasteiger partial charge >= 0.3 is 12.1 Å². The first-order chi connectivity index (χ1) is 5.59. The van der Waals surface area contributed by atoms with Gasteiger partial charge in [-0.1, -0.05) is 0 Å². The van der Waals surface area contributed by atoms with Gasteiger partial charge in [0.05, 0.1) is 11.7 Å². The molecule has 0 bridgehead atoms. The fourth-order valence-electron chi connectivity index (χ4n) is 0.381. The van der Waals surface area contributed by atoms with E-state index in [0.717, 1.165) is 0 Å². The highest BCUT2D eigenvalue weighted by atomic mass is 19.4. The van der Waals surface area contributed by atoms with Gasteiger partial charge in [0.25, 0.3) is 0 Å². The maximum absolute atomic E-state index is 12.1. The van der Waals surface area contributed by atoms with E-state index in [2.05, 4.69) is 5.73 Å². The molecule has 0 unspecified atom stereocenters. The number of hydrogen-bond donors (Lipinski definition) is 1. The molecular weight excluding hydrogens is 201 g/mol. The largest absolute Gasteiger partial charge is 0.545 e. The molecule has 0 aromatic rings. The van der Waals surface area contributed by atoms with Crippen LogP contribution in [0.1, 0.15) is 0 Å². The molecule has 0 heterocycles. The van der Waals surface area contributed by atoms with Crippen molar-refractivity contribution in [2.45, 2.75) is 12.1 Å². The van der Waals surface area contributed by atoms with Crippen molar-refractivity contribution >= 4 is 5.97 Å². The summed E-state index contributed by atoms with van der Waals surface area (Å²) in [6.07, 6.45) is -6.42. The van der Waals surface area contributed by atoms with Crippen molar-refractivity contribution in [1.82, 2.24) is 0 Å². The number of nitrogens with two attached hydrogens (primary N) is 1. The molecule has 0 aliphatic carbocycles. The Morgan fingerprint density at radius 3 is 1.85 bits per heavy atom. The molecule has 76 valence electrons. The van der Waals surface area contributed by atoms with Crippen LogP contribution < -0.4 is 10.8 Å². The zero-order valence-corrected chi connectivity index (χ0v) is 5.86. The van der Waals surface area contributed by atoms with E-state index < -0.39 is 29.8 Å². The molecule has 0 aliphatic heterocycles. The molecule has 0 amide bonds. The van der Waals surface area contributed by atoms with Crippen LogP contribution in [0.3, 0.4) is 0 Å². The first-order valence-corrected chi connectivity index (χ1v) is 2.72. The first kappa shape index (κ1) is 11.7. The number of carbonyl (C=O) groups is 1. The van der Waals surface area contributed by atoms with Gasteiger partial charge in [-0.3, -0.25) is 0 Å². The molecule has 0 radical (unpaired) electrons. The predicted octanol–water partition coefficient (Wildman–Crippen LogP) is -0.223. The summed E-state index contributed by atoms with van der Waals surface area (Å²) in [5.41, 5.74) is 2.10. The van der Waals surface area contributed by atoms with Gasteiger partial charge in [0.2, 0.25) is 0 Å². The maximum Gasteiger partial charge on any atom is 0.459 e. The lowest BCUT2D eigenvalue weighted by molar-refractivity contribution is -0.298. The highest BCUT2D eigenvalue weighted by Gasteiger charge is 2.59. The normalized spacial score (nSPS) is 14.4. The zero-order chi connectivity index (χ0) is 10.9. The molecular formula is C5H3F5NO2-. The van der Waals surface area contributed by atoms with E-state index in [1.165, 1.54) is 0 Å². The number of aliphatic carboxylic acids is 1. The van der Waals surface area contributed by atoms with Gasteiger partial charge in [-0.2, -0.15) is 22.0 Å². The second-order valence-corrected chi connectivity index (χ2v) is 1.99. The van der Waals surface area contributed by atoms with Crippen LogP contribution >= 0.6 is 0 Å². The van der Waals surface area contributed by atoms with Crippen LogP contribution in [-0.2, 0) is 4.79 Å². The monoisotopic (exact) mass is 204 g/mol. The van der Waals surface area contributed by atoms with Crippen LogP contribution in [-0.4, -0.2) is 18.1 Å². The van der Waals surface area contributed by atoms with Gasteiger partial charge in [-0.05, 0) is 6.08 Å². The number of alkyl halides is 5. The van der Waals surface area contributed by atoms with Crippen molar-refractivity contribution in [3.63, 3.8) is 0 Å². The zero-order valence-electron chi connectivity index (χ0n) is 5.86. The quantitative estimate of drug-likeness (QED) is 0.499. The topological polar surface area (TPSA) is 66.2 Å². The van der Waals surface area contributed by atoms with Gasteiger partial charge in [0.15, 0.2) is 0 Å². The molecule has 0 rings (SSSR count). The highest BCUT2D eigenvalue weighted by molar-refractivity contribution is 5.78. The fraction of sp³-hybridized carbons (Fsp3) is 0.400. The lowest BCUT2D eigenvalue weighted by atomic mass is 10.2. The Morgan fingerprint density at radius 2 is 1.62 bits per heavy atom. The van der Waals surface area contributed by atoms with E-state index in [1.54, 1.807) is 0 Å². The van der Waals surface area contributed by atoms with Gasteiger partial charge in [-0.15, -0.1) is 0 Å². The van der Waals surface area contributed by atoms with Crippen molar-refractivity contribution < 1.29 is 31.9 Å². The summed E-state index contributed by atoms with van der Waals surface area (Å²) in [6.45, 7) is 0. The molecule has 0 fully saturated rings. The Kier molecular flexibility index (Phi) is 2.86. The van der Waals surface area contributed by atoms with Crippen LogP contribution in [0.25, 0.3) is 0 Å². The summed E-state index contributed by atoms with van der Waals surface area (Å²) >= 11 is 0. The fourth-order valence-corrected chi connectivity index (χ4v) is 0.381. The molecule has 0 atom stereocenters. The van der Waals surface area contributed by atoms with E-state index in [1.807, 2.05) is 0 Å². The third kappa shape index (κ3) is 2.56. The van der Waals surface area contributed by atoms with Crippen LogP contribution in [0.2, 0.25) is 0 Å². The minimum Gasteiger partial charge on any atom is -0.545 e. The van der Waals surface area contributed by atoms with E-state index in [4.69, 9.17) is 0 Å². The van der Waals surface area contributed by atoms with Gasteiger partial charge < -0.3 is 15.6 Å². The van der Waals surface area contributed by atoms with Crippen LogP contribution in [0, 0.1) is 0 Å². The minimum atomic E-state index is -5.91. The molecule has 0 saturated carbocycles. The predicted molar refractivity (Wildman–Crippen MR) is 28.3 cm³/mol. The molecule has 0 saturated heterocycles. The van der Waals surface area contributed by atoms with E-state index in [9.17, 15) is 31.9 Å². The van der Waals surface area contributed by atoms with E-state index in [-0.39, 0.29) is 0 Å². The lowest BCUT2D eigenvalue weighted by Gasteiger charge is -2.19. The highest BCUT2D eigenvalue weighted by Crippen LogP contribution is 2.38. The molecule has 13 heavy (non-hydrogen) atoms. The lowest BCUT2D eigenvalue weighted by Crippen LogP contribution is -2.42. The van der Waals surface area contributed by atoms with Crippen molar-refractivity contribution in [3.05, 3.63) is 11.8 Å². The third-order valence-electron chi connectivity index (χ3n) is 0.992. The number of hydrogen-bond acceptors (Lipinski definition) is 3. The summed E-state index contributed by atoms with van der Waals surface area (Å²) in [6, 6.07) is 0. The summed E-state index contributed by atoms with van der Waals surface area (Å²) in [5.74, 6) is -7.58. The minimum absolute atomic E-state index is 0.506. The van der Waals surface area contributed by atoms with Crippen molar-refractivity contribution in [2.75, 3.05) is 0 Å². The SMILES string of the molecule is NC(=CC(=O)[O-])C(F)(F)C(F)(F)F. The Hall–Kier alpha value is -1.34. The summed E-state index contributed by atoms with van der Waals surface area (Å²) in [7, 11) is 0. The summed E-state index contributed by atoms with van der Waals surface area (Å²) in [4.78, 5) is 9.62. The number of carboxylic acid groups (broad SMARTS) is 1. The smallest absolute Gasteiger partial charge is 0.459 e. The first-order valence-electron chi connectivity index (χ1n) is 2.72. The Balaban J connectivity index is 4.95. The number of carboxylic acids is 1. The van der Waals surface area contributed by atoms with Crippen LogP contribution in [0.5, 0.6) is 0 Å².